The third-order valence-electron chi connectivity index (χ3n) is 3.30. The lowest BCUT2D eigenvalue weighted by Crippen LogP contribution is -2.14. The molecule has 0 spiro atoms. The Morgan fingerprint density at radius 2 is 1.91 bits per heavy atom. The van der Waals surface area contributed by atoms with Crippen LogP contribution in [0.15, 0.2) is 24.3 Å². The van der Waals surface area contributed by atoms with E-state index in [1.54, 1.807) is 13.8 Å². The van der Waals surface area contributed by atoms with Crippen LogP contribution in [0.25, 0.3) is 11.1 Å². The molecule has 22 heavy (non-hydrogen) atoms. The number of aldehydes is 1. The maximum Gasteiger partial charge on any atom is 0.338 e. The molecule has 0 unspecified atom stereocenters. The highest BCUT2D eigenvalue weighted by atomic mass is 19.1. The van der Waals surface area contributed by atoms with E-state index >= 15 is 0 Å². The fourth-order valence-electron chi connectivity index (χ4n) is 2.31. The first-order valence-corrected chi connectivity index (χ1v) is 6.64. The largest absolute Gasteiger partial charge is 0.478 e. The predicted molar refractivity (Wildman–Crippen MR) is 80.5 cm³/mol. The van der Waals surface area contributed by atoms with Gasteiger partial charge in [0.2, 0.25) is 0 Å². The third kappa shape index (κ3) is 2.67. The summed E-state index contributed by atoms with van der Waals surface area (Å²) in [5, 5.41) is 9.55. The van der Waals surface area contributed by atoms with Gasteiger partial charge in [-0.1, -0.05) is 26.0 Å². The number of pyridine rings is 1. The molecule has 0 saturated heterocycles. The van der Waals surface area contributed by atoms with Crippen LogP contribution in [0, 0.1) is 5.82 Å². The SMILES string of the molecule is CC(C)c1nc(N)c(C=O)c(-c2ccc(F)cc2)c1C(=O)O. The Labute approximate surface area is 126 Å². The van der Waals surface area contributed by atoms with E-state index in [1.165, 1.54) is 24.3 Å². The molecule has 0 fully saturated rings. The molecule has 0 atom stereocenters. The maximum atomic E-state index is 13.1. The lowest BCUT2D eigenvalue weighted by Gasteiger charge is -2.17. The van der Waals surface area contributed by atoms with Crippen molar-refractivity contribution in [3.05, 3.63) is 46.9 Å². The zero-order chi connectivity index (χ0) is 16.4. The first-order chi connectivity index (χ1) is 10.4. The molecule has 1 aromatic carbocycles. The summed E-state index contributed by atoms with van der Waals surface area (Å²) in [7, 11) is 0. The fraction of sp³-hybridized carbons (Fsp3) is 0.188. The number of anilines is 1. The molecule has 0 radical (unpaired) electrons. The summed E-state index contributed by atoms with van der Waals surface area (Å²) in [6, 6.07) is 5.21. The topological polar surface area (TPSA) is 93.3 Å². The molecule has 0 aliphatic heterocycles. The van der Waals surface area contributed by atoms with Crippen molar-refractivity contribution in [3.63, 3.8) is 0 Å². The van der Waals surface area contributed by atoms with E-state index in [2.05, 4.69) is 4.98 Å². The number of hydrogen-bond donors (Lipinski definition) is 2. The highest BCUT2D eigenvalue weighted by Gasteiger charge is 2.25. The second-order valence-electron chi connectivity index (χ2n) is 5.13. The molecular formula is C16H15FN2O3. The number of aromatic carboxylic acids is 1. The number of carbonyl (C=O) groups is 2. The monoisotopic (exact) mass is 302 g/mol. The van der Waals surface area contributed by atoms with Crippen molar-refractivity contribution in [2.24, 2.45) is 0 Å². The van der Waals surface area contributed by atoms with E-state index in [0.717, 1.165) is 0 Å². The summed E-state index contributed by atoms with van der Waals surface area (Å²) in [4.78, 5) is 27.1. The van der Waals surface area contributed by atoms with E-state index in [9.17, 15) is 19.1 Å². The molecular weight excluding hydrogens is 287 g/mol. The number of carbonyl (C=O) groups excluding carboxylic acids is 1. The summed E-state index contributed by atoms with van der Waals surface area (Å²) in [5.74, 6) is -1.91. The van der Waals surface area contributed by atoms with Crippen LogP contribution in [0.1, 0.15) is 46.2 Å². The minimum Gasteiger partial charge on any atom is -0.478 e. The van der Waals surface area contributed by atoms with Crippen molar-refractivity contribution in [3.8, 4) is 11.1 Å². The minimum atomic E-state index is -1.21. The average Bonchev–Trinajstić information content (AvgIpc) is 2.46. The summed E-state index contributed by atoms with van der Waals surface area (Å²) in [6.07, 6.45) is 0.470. The zero-order valence-electron chi connectivity index (χ0n) is 12.1. The molecule has 0 bridgehead atoms. The van der Waals surface area contributed by atoms with Crippen LogP contribution < -0.4 is 5.73 Å². The van der Waals surface area contributed by atoms with E-state index in [0.29, 0.717) is 11.8 Å². The summed E-state index contributed by atoms with van der Waals surface area (Å²) >= 11 is 0. The molecule has 0 saturated carbocycles. The van der Waals surface area contributed by atoms with Crippen LogP contribution in [0.3, 0.4) is 0 Å². The summed E-state index contributed by atoms with van der Waals surface area (Å²) in [6.45, 7) is 3.56. The fourth-order valence-corrected chi connectivity index (χ4v) is 2.31. The molecule has 1 aromatic heterocycles. The van der Waals surface area contributed by atoms with Gasteiger partial charge in [-0.2, -0.15) is 0 Å². The minimum absolute atomic E-state index is 0.00610. The molecule has 0 aliphatic carbocycles. The van der Waals surface area contributed by atoms with Gasteiger partial charge in [0.25, 0.3) is 0 Å². The van der Waals surface area contributed by atoms with Gasteiger partial charge in [0.15, 0.2) is 6.29 Å². The van der Waals surface area contributed by atoms with Crippen LogP contribution in [0.4, 0.5) is 10.2 Å². The number of benzene rings is 1. The van der Waals surface area contributed by atoms with Gasteiger partial charge in [-0.3, -0.25) is 4.79 Å². The number of hydrogen-bond acceptors (Lipinski definition) is 4. The quantitative estimate of drug-likeness (QED) is 0.846. The van der Waals surface area contributed by atoms with Crippen molar-refractivity contribution in [1.29, 1.82) is 0 Å². The Hall–Kier alpha value is -2.76. The van der Waals surface area contributed by atoms with Crippen molar-refractivity contribution in [1.82, 2.24) is 4.98 Å². The van der Waals surface area contributed by atoms with Crippen LogP contribution in [-0.2, 0) is 0 Å². The number of carboxylic acid groups (broad SMARTS) is 1. The van der Waals surface area contributed by atoms with Gasteiger partial charge in [-0.05, 0) is 23.6 Å². The van der Waals surface area contributed by atoms with Gasteiger partial charge in [0.1, 0.15) is 11.6 Å². The number of carboxylic acids is 1. The van der Waals surface area contributed by atoms with Gasteiger partial charge in [-0.25, -0.2) is 14.2 Å². The number of nitrogens with two attached hydrogens (primary N) is 1. The molecule has 0 amide bonds. The van der Waals surface area contributed by atoms with Crippen LogP contribution in [0.5, 0.6) is 0 Å². The summed E-state index contributed by atoms with van der Waals surface area (Å²) < 4.78 is 13.1. The molecule has 2 rings (SSSR count). The van der Waals surface area contributed by atoms with Crippen molar-refractivity contribution in [2.45, 2.75) is 19.8 Å². The first kappa shape index (κ1) is 15.6. The molecule has 1 heterocycles. The highest BCUT2D eigenvalue weighted by Crippen LogP contribution is 2.34. The normalized spacial score (nSPS) is 10.7. The van der Waals surface area contributed by atoms with E-state index < -0.39 is 11.8 Å². The van der Waals surface area contributed by atoms with Gasteiger partial charge >= 0.3 is 5.97 Å². The highest BCUT2D eigenvalue weighted by molar-refractivity contribution is 6.04. The molecule has 6 heteroatoms. The Bertz CT molecular complexity index is 740. The number of nitrogens with zero attached hydrogens (tertiary/aromatic N) is 1. The number of halogens is 1. The van der Waals surface area contributed by atoms with Gasteiger partial charge in [-0.15, -0.1) is 0 Å². The Morgan fingerprint density at radius 1 is 1.32 bits per heavy atom. The number of nitrogen functional groups attached to an aromatic ring is 1. The van der Waals surface area contributed by atoms with E-state index in [-0.39, 0.29) is 34.1 Å². The smallest absolute Gasteiger partial charge is 0.338 e. The molecule has 2 aromatic rings. The molecule has 0 aliphatic rings. The molecule has 114 valence electrons. The maximum absolute atomic E-state index is 13.1. The zero-order valence-corrected chi connectivity index (χ0v) is 12.1. The first-order valence-electron chi connectivity index (χ1n) is 6.64. The second kappa shape index (κ2) is 5.93. The van der Waals surface area contributed by atoms with Crippen LogP contribution in [0.2, 0.25) is 0 Å². The second-order valence-corrected chi connectivity index (χ2v) is 5.13. The molecule has 3 N–H and O–H groups in total. The standard InChI is InChI=1S/C16H15FN2O3/c1-8(2)14-13(16(21)22)12(11(7-20)15(18)19-14)9-3-5-10(17)6-4-9/h3-8H,1-2H3,(H2,18,19)(H,21,22). The molecule has 5 nitrogen and oxygen atoms in total. The van der Waals surface area contributed by atoms with Gasteiger partial charge < -0.3 is 10.8 Å². The number of aromatic nitrogens is 1. The predicted octanol–water partition coefficient (Wildman–Crippen LogP) is 3.10. The van der Waals surface area contributed by atoms with Crippen LogP contribution >= 0.6 is 0 Å². The Kier molecular flexibility index (Phi) is 4.21. The number of rotatable bonds is 4. The van der Waals surface area contributed by atoms with E-state index in [4.69, 9.17) is 5.73 Å². The van der Waals surface area contributed by atoms with E-state index in [1.807, 2.05) is 0 Å². The average molecular weight is 302 g/mol. The lowest BCUT2D eigenvalue weighted by atomic mass is 9.91. The van der Waals surface area contributed by atoms with Crippen molar-refractivity contribution >= 4 is 18.1 Å². The Balaban J connectivity index is 2.92. The van der Waals surface area contributed by atoms with Gasteiger partial charge in [0, 0.05) is 5.56 Å². The Morgan fingerprint density at radius 3 is 2.36 bits per heavy atom. The van der Waals surface area contributed by atoms with Crippen molar-refractivity contribution in [2.75, 3.05) is 5.73 Å². The van der Waals surface area contributed by atoms with Crippen molar-refractivity contribution < 1.29 is 19.1 Å². The third-order valence-corrected chi connectivity index (χ3v) is 3.30. The van der Waals surface area contributed by atoms with Gasteiger partial charge in [0.05, 0.1) is 16.8 Å². The van der Waals surface area contributed by atoms with Crippen LogP contribution in [-0.4, -0.2) is 22.3 Å². The lowest BCUT2D eigenvalue weighted by molar-refractivity contribution is 0.0695. The summed E-state index contributed by atoms with van der Waals surface area (Å²) in [5.41, 5.74) is 6.56.